The monoisotopic (exact) mass is 328 g/mol. The van der Waals surface area contributed by atoms with Gasteiger partial charge in [0.15, 0.2) is 16.9 Å². The van der Waals surface area contributed by atoms with Crippen LogP contribution in [0, 0.1) is 6.92 Å². The number of ether oxygens (including phenoxy) is 1. The zero-order chi connectivity index (χ0) is 17.4. The molecule has 0 unspecified atom stereocenters. The van der Waals surface area contributed by atoms with Crippen LogP contribution in [-0.2, 0) is 6.42 Å². The van der Waals surface area contributed by atoms with Crippen molar-refractivity contribution in [2.45, 2.75) is 13.3 Å². The lowest BCUT2D eigenvalue weighted by molar-refractivity contribution is 0.403. The molecule has 1 heterocycles. The van der Waals surface area contributed by atoms with Gasteiger partial charge in [-0.1, -0.05) is 6.07 Å². The molecule has 24 heavy (non-hydrogen) atoms. The van der Waals surface area contributed by atoms with Crippen molar-refractivity contribution in [1.29, 1.82) is 0 Å². The van der Waals surface area contributed by atoms with E-state index in [1.807, 2.05) is 0 Å². The molecule has 2 aromatic carbocycles. The van der Waals surface area contributed by atoms with Gasteiger partial charge < -0.3 is 24.5 Å². The van der Waals surface area contributed by atoms with E-state index in [0.717, 1.165) is 0 Å². The molecule has 0 aliphatic rings. The van der Waals surface area contributed by atoms with E-state index in [4.69, 9.17) is 9.15 Å². The summed E-state index contributed by atoms with van der Waals surface area (Å²) in [6.07, 6.45) is 1.51. The Labute approximate surface area is 137 Å². The first-order valence-electron chi connectivity index (χ1n) is 7.24. The van der Waals surface area contributed by atoms with Crippen LogP contribution >= 0.6 is 0 Å². The molecule has 6 heteroatoms. The van der Waals surface area contributed by atoms with Gasteiger partial charge in [0.2, 0.25) is 0 Å². The summed E-state index contributed by atoms with van der Waals surface area (Å²) in [5.41, 5.74) is 1.29. The maximum absolute atomic E-state index is 12.7. The molecule has 0 aliphatic carbocycles. The van der Waals surface area contributed by atoms with E-state index in [2.05, 4.69) is 0 Å². The minimum absolute atomic E-state index is 0.0915. The van der Waals surface area contributed by atoms with Gasteiger partial charge in [0.25, 0.3) is 0 Å². The van der Waals surface area contributed by atoms with Crippen LogP contribution in [0.25, 0.3) is 11.0 Å². The summed E-state index contributed by atoms with van der Waals surface area (Å²) in [5, 5.41) is 29.3. The zero-order valence-electron chi connectivity index (χ0n) is 13.2. The Morgan fingerprint density at radius 1 is 1.12 bits per heavy atom. The van der Waals surface area contributed by atoms with Gasteiger partial charge >= 0.3 is 0 Å². The Morgan fingerprint density at radius 2 is 1.88 bits per heavy atom. The molecular formula is C18H16O6. The van der Waals surface area contributed by atoms with E-state index in [1.54, 1.807) is 19.1 Å². The second-order valence-corrected chi connectivity index (χ2v) is 5.52. The molecule has 0 spiro atoms. The highest BCUT2D eigenvalue weighted by Gasteiger charge is 2.17. The second kappa shape index (κ2) is 5.81. The molecule has 0 fully saturated rings. The number of fused-ring (bicyclic) bond motifs is 1. The predicted molar refractivity (Wildman–Crippen MR) is 88.0 cm³/mol. The molecule has 124 valence electrons. The summed E-state index contributed by atoms with van der Waals surface area (Å²) in [4.78, 5) is 12.7. The van der Waals surface area contributed by atoms with Gasteiger partial charge in [0.05, 0.1) is 13.4 Å². The van der Waals surface area contributed by atoms with Crippen LogP contribution in [0.1, 0.15) is 16.7 Å². The molecule has 0 saturated carbocycles. The lowest BCUT2D eigenvalue weighted by Crippen LogP contribution is -2.10. The maximum Gasteiger partial charge on any atom is 0.199 e. The standard InChI is InChI=1S/C18H16O6/c1-9-14(23-2)7-15-16(17(9)21)18(22)11(8-24-15)5-10-3-4-12(19)13(20)6-10/h3-4,6-8,19-21H,5H2,1-2H3. The fourth-order valence-electron chi connectivity index (χ4n) is 2.61. The third-order valence-electron chi connectivity index (χ3n) is 3.97. The van der Waals surface area contributed by atoms with Gasteiger partial charge in [-0.2, -0.15) is 0 Å². The normalized spacial score (nSPS) is 10.9. The molecule has 3 aromatic rings. The van der Waals surface area contributed by atoms with Gasteiger partial charge in [0.1, 0.15) is 22.5 Å². The van der Waals surface area contributed by atoms with Crippen LogP contribution in [0.2, 0.25) is 0 Å². The summed E-state index contributed by atoms with van der Waals surface area (Å²) in [7, 11) is 1.47. The number of phenols is 3. The number of aromatic hydroxyl groups is 3. The number of hydrogen-bond donors (Lipinski definition) is 3. The van der Waals surface area contributed by atoms with Gasteiger partial charge in [-0.15, -0.1) is 0 Å². The summed E-state index contributed by atoms with van der Waals surface area (Å²) < 4.78 is 10.6. The quantitative estimate of drug-likeness (QED) is 0.639. The van der Waals surface area contributed by atoms with Crippen molar-refractivity contribution in [2.75, 3.05) is 7.11 Å². The predicted octanol–water partition coefficient (Wildman–Crippen LogP) is 2.82. The Bertz CT molecular complexity index is 987. The van der Waals surface area contributed by atoms with Crippen LogP contribution < -0.4 is 10.2 Å². The summed E-state index contributed by atoms with van der Waals surface area (Å²) in [5.74, 6) is -0.237. The van der Waals surface area contributed by atoms with Crippen molar-refractivity contribution in [1.82, 2.24) is 0 Å². The SMILES string of the molecule is COc1cc2occ(Cc3ccc(O)c(O)c3)c(=O)c2c(O)c1C. The molecule has 0 atom stereocenters. The fourth-order valence-corrected chi connectivity index (χ4v) is 2.61. The zero-order valence-corrected chi connectivity index (χ0v) is 13.2. The van der Waals surface area contributed by atoms with Crippen LogP contribution in [0.15, 0.2) is 39.7 Å². The first kappa shape index (κ1) is 15.7. The van der Waals surface area contributed by atoms with Crippen LogP contribution in [0.3, 0.4) is 0 Å². The third-order valence-corrected chi connectivity index (χ3v) is 3.97. The smallest absolute Gasteiger partial charge is 0.199 e. The first-order chi connectivity index (χ1) is 11.4. The summed E-state index contributed by atoms with van der Waals surface area (Å²) >= 11 is 0. The Morgan fingerprint density at radius 3 is 2.54 bits per heavy atom. The van der Waals surface area contributed by atoms with E-state index in [9.17, 15) is 20.1 Å². The van der Waals surface area contributed by atoms with Crippen molar-refractivity contribution in [2.24, 2.45) is 0 Å². The van der Waals surface area contributed by atoms with Crippen molar-refractivity contribution in [3.63, 3.8) is 0 Å². The van der Waals surface area contributed by atoms with Crippen molar-refractivity contribution in [3.05, 3.63) is 57.4 Å². The Balaban J connectivity index is 2.13. The lowest BCUT2D eigenvalue weighted by Gasteiger charge is -2.10. The molecule has 3 rings (SSSR count). The van der Waals surface area contributed by atoms with E-state index < -0.39 is 0 Å². The Hall–Kier alpha value is -3.15. The number of rotatable bonds is 3. The molecule has 0 radical (unpaired) electrons. The average molecular weight is 328 g/mol. The van der Waals surface area contributed by atoms with Gasteiger partial charge in [0, 0.05) is 23.6 Å². The number of phenolic OH excluding ortho intramolecular Hbond substituents is 3. The van der Waals surface area contributed by atoms with E-state index in [-0.39, 0.29) is 40.1 Å². The highest BCUT2D eigenvalue weighted by atomic mass is 16.5. The summed E-state index contributed by atoms with van der Waals surface area (Å²) in [6.45, 7) is 1.65. The first-order valence-corrected chi connectivity index (χ1v) is 7.24. The van der Waals surface area contributed by atoms with Gasteiger partial charge in [-0.05, 0) is 24.6 Å². The minimum atomic E-state index is -0.355. The molecule has 1 aromatic heterocycles. The fraction of sp³-hybridized carbons (Fsp3) is 0.167. The van der Waals surface area contributed by atoms with Crippen molar-refractivity contribution in [3.8, 4) is 23.0 Å². The lowest BCUT2D eigenvalue weighted by atomic mass is 10.0. The topological polar surface area (TPSA) is 100 Å². The van der Waals surface area contributed by atoms with E-state index >= 15 is 0 Å². The van der Waals surface area contributed by atoms with Gasteiger partial charge in [-0.3, -0.25) is 4.79 Å². The van der Waals surface area contributed by atoms with Crippen LogP contribution in [0.5, 0.6) is 23.0 Å². The maximum atomic E-state index is 12.7. The van der Waals surface area contributed by atoms with Crippen molar-refractivity contribution < 1.29 is 24.5 Å². The highest BCUT2D eigenvalue weighted by Crippen LogP contribution is 2.34. The molecule has 0 bridgehead atoms. The van der Waals surface area contributed by atoms with E-state index in [1.165, 1.54) is 25.5 Å². The van der Waals surface area contributed by atoms with Crippen LogP contribution in [-0.4, -0.2) is 22.4 Å². The third kappa shape index (κ3) is 2.52. The number of hydrogen-bond acceptors (Lipinski definition) is 6. The molecule has 0 aliphatic heterocycles. The molecular weight excluding hydrogens is 312 g/mol. The van der Waals surface area contributed by atoms with Crippen LogP contribution in [0.4, 0.5) is 0 Å². The Kier molecular flexibility index (Phi) is 3.81. The van der Waals surface area contributed by atoms with E-state index in [0.29, 0.717) is 22.4 Å². The van der Waals surface area contributed by atoms with Crippen molar-refractivity contribution >= 4 is 11.0 Å². The highest BCUT2D eigenvalue weighted by molar-refractivity contribution is 5.87. The molecule has 6 nitrogen and oxygen atoms in total. The number of methoxy groups -OCH3 is 1. The average Bonchev–Trinajstić information content (AvgIpc) is 2.56. The minimum Gasteiger partial charge on any atom is -0.507 e. The van der Waals surface area contributed by atoms with Gasteiger partial charge in [-0.25, -0.2) is 0 Å². The molecule has 0 amide bonds. The summed E-state index contributed by atoms with van der Waals surface area (Å²) in [6, 6.07) is 5.87. The number of benzene rings is 2. The second-order valence-electron chi connectivity index (χ2n) is 5.52. The molecule has 3 N–H and O–H groups in total. The largest absolute Gasteiger partial charge is 0.507 e. The molecule has 0 saturated heterocycles.